The van der Waals surface area contributed by atoms with Gasteiger partial charge in [-0.2, -0.15) is 0 Å². The van der Waals surface area contributed by atoms with Gasteiger partial charge < -0.3 is 10.4 Å². The molecule has 1 aromatic heterocycles. The molecule has 0 fully saturated rings. The van der Waals surface area contributed by atoms with Gasteiger partial charge in [-0.15, -0.1) is 0 Å². The highest BCUT2D eigenvalue weighted by molar-refractivity contribution is 5.94. The van der Waals surface area contributed by atoms with Crippen molar-refractivity contribution in [3.05, 3.63) is 42.2 Å². The maximum absolute atomic E-state index is 12.2. The van der Waals surface area contributed by atoms with E-state index in [1.54, 1.807) is 12.3 Å². The fourth-order valence-corrected chi connectivity index (χ4v) is 3.05. The Balaban J connectivity index is 1.87. The Morgan fingerprint density at radius 1 is 1.08 bits per heavy atom. The van der Waals surface area contributed by atoms with E-state index in [0.29, 0.717) is 17.7 Å². The molecule has 2 N–H and O–H groups in total. The third-order valence-electron chi connectivity index (χ3n) is 4.53. The molecule has 0 unspecified atom stereocenters. The predicted molar refractivity (Wildman–Crippen MR) is 107 cm³/mol. The Morgan fingerprint density at radius 3 is 2.54 bits per heavy atom. The van der Waals surface area contributed by atoms with Gasteiger partial charge in [0.15, 0.2) is 0 Å². The lowest BCUT2D eigenvalue weighted by molar-refractivity contribution is -0.116. The average molecular weight is 354 g/mol. The van der Waals surface area contributed by atoms with Crippen LogP contribution in [0, 0.1) is 6.92 Å². The largest absolute Gasteiger partial charge is 0.505 e. The quantitative estimate of drug-likeness (QED) is 0.416. The summed E-state index contributed by atoms with van der Waals surface area (Å²) in [6.45, 7) is 4.12. The van der Waals surface area contributed by atoms with E-state index in [4.69, 9.17) is 0 Å². The first-order chi connectivity index (χ1) is 12.6. The highest BCUT2D eigenvalue weighted by atomic mass is 16.3. The summed E-state index contributed by atoms with van der Waals surface area (Å²) in [5, 5.41) is 13.4. The van der Waals surface area contributed by atoms with Crippen LogP contribution in [0.5, 0.6) is 5.75 Å². The number of aryl methyl sites for hydroxylation is 1. The van der Waals surface area contributed by atoms with Crippen LogP contribution in [0.3, 0.4) is 0 Å². The van der Waals surface area contributed by atoms with Gasteiger partial charge in [0.05, 0.1) is 5.69 Å². The average Bonchev–Trinajstić information content (AvgIpc) is 2.63. The number of carbonyl (C=O) groups is 1. The zero-order valence-corrected chi connectivity index (χ0v) is 15.9. The van der Waals surface area contributed by atoms with Gasteiger partial charge in [0.2, 0.25) is 5.91 Å². The molecule has 1 aromatic carbocycles. The molecule has 0 radical (unpaired) electrons. The first-order valence-corrected chi connectivity index (χ1v) is 9.66. The number of aromatic nitrogens is 1. The Kier molecular flexibility index (Phi) is 8.13. The number of pyridine rings is 1. The van der Waals surface area contributed by atoms with Gasteiger partial charge in [0, 0.05) is 23.9 Å². The minimum atomic E-state index is -0.0445. The van der Waals surface area contributed by atoms with E-state index in [1.165, 1.54) is 32.1 Å². The Morgan fingerprint density at radius 2 is 1.81 bits per heavy atom. The summed E-state index contributed by atoms with van der Waals surface area (Å²) in [6, 6.07) is 9.19. The first-order valence-electron chi connectivity index (χ1n) is 9.66. The zero-order chi connectivity index (χ0) is 18.8. The van der Waals surface area contributed by atoms with E-state index < -0.39 is 0 Å². The number of amides is 1. The number of carbonyl (C=O) groups excluding carboxylic acids is 1. The van der Waals surface area contributed by atoms with Crippen molar-refractivity contribution in [2.75, 3.05) is 5.32 Å². The minimum absolute atomic E-state index is 0.0445. The number of nitrogens with one attached hydrogen (secondary N) is 1. The van der Waals surface area contributed by atoms with Crippen LogP contribution in [-0.2, 0) is 4.79 Å². The fourth-order valence-electron chi connectivity index (χ4n) is 3.05. The van der Waals surface area contributed by atoms with Crippen LogP contribution in [0.1, 0.15) is 64.0 Å². The third kappa shape index (κ3) is 6.17. The maximum atomic E-state index is 12.2. The van der Waals surface area contributed by atoms with Crippen LogP contribution in [0.2, 0.25) is 0 Å². The summed E-state index contributed by atoms with van der Waals surface area (Å²) in [7, 11) is 0. The molecule has 140 valence electrons. The lowest BCUT2D eigenvalue weighted by Gasteiger charge is -2.11. The topological polar surface area (TPSA) is 62.2 Å². The van der Waals surface area contributed by atoms with Gasteiger partial charge in [-0.1, -0.05) is 57.6 Å². The molecule has 1 heterocycles. The normalized spacial score (nSPS) is 10.7. The number of hydrogen-bond acceptors (Lipinski definition) is 3. The zero-order valence-electron chi connectivity index (χ0n) is 15.9. The van der Waals surface area contributed by atoms with E-state index in [2.05, 4.69) is 17.2 Å². The summed E-state index contributed by atoms with van der Waals surface area (Å²) in [5.74, 6) is 0.0583. The summed E-state index contributed by atoms with van der Waals surface area (Å²) in [4.78, 5) is 16.3. The summed E-state index contributed by atoms with van der Waals surface area (Å²) < 4.78 is 0. The molecule has 4 nitrogen and oxygen atoms in total. The second-order valence-corrected chi connectivity index (χ2v) is 6.81. The van der Waals surface area contributed by atoms with Gasteiger partial charge >= 0.3 is 0 Å². The highest BCUT2D eigenvalue weighted by Crippen LogP contribution is 2.35. The smallest absolute Gasteiger partial charge is 0.224 e. The standard InChI is InChI=1S/C22H30N2O2/c1-3-4-5-6-7-8-9-13-21(25)24-20-12-10-11-19(22(20)26)18-14-15-23-17(2)16-18/h10-12,14-16,26H,3-9,13H2,1-2H3,(H,24,25). The molecule has 1 amide bonds. The van der Waals surface area contributed by atoms with E-state index in [1.807, 2.05) is 31.2 Å². The fraction of sp³-hybridized carbons (Fsp3) is 0.455. The number of anilines is 1. The van der Waals surface area contributed by atoms with Crippen molar-refractivity contribution in [2.45, 2.75) is 65.2 Å². The molecule has 0 atom stereocenters. The lowest BCUT2D eigenvalue weighted by atomic mass is 10.0. The second kappa shape index (κ2) is 10.6. The number of nitrogens with zero attached hydrogens (tertiary/aromatic N) is 1. The van der Waals surface area contributed by atoms with Gasteiger partial charge in [0.25, 0.3) is 0 Å². The Bertz CT molecular complexity index is 713. The van der Waals surface area contributed by atoms with Crippen LogP contribution in [-0.4, -0.2) is 16.0 Å². The number of para-hydroxylation sites is 1. The Labute approximate surface area is 156 Å². The van der Waals surface area contributed by atoms with Gasteiger partial charge in [-0.25, -0.2) is 0 Å². The molecule has 26 heavy (non-hydrogen) atoms. The number of phenols is 1. The van der Waals surface area contributed by atoms with Crippen molar-refractivity contribution < 1.29 is 9.90 Å². The van der Waals surface area contributed by atoms with Gasteiger partial charge in [-0.3, -0.25) is 9.78 Å². The van der Waals surface area contributed by atoms with Crippen LogP contribution in [0.15, 0.2) is 36.5 Å². The van der Waals surface area contributed by atoms with Gasteiger partial charge in [0.1, 0.15) is 5.75 Å². The summed E-state index contributed by atoms with van der Waals surface area (Å²) in [6.07, 6.45) is 10.5. The molecule has 2 rings (SSSR count). The monoisotopic (exact) mass is 354 g/mol. The van der Waals surface area contributed by atoms with Crippen molar-refractivity contribution in [3.8, 4) is 16.9 Å². The molecule has 0 saturated heterocycles. The second-order valence-electron chi connectivity index (χ2n) is 6.81. The number of phenolic OH excluding ortho intramolecular Hbond substituents is 1. The van der Waals surface area contributed by atoms with Crippen molar-refractivity contribution >= 4 is 11.6 Å². The number of hydrogen-bond donors (Lipinski definition) is 2. The summed E-state index contributed by atoms with van der Waals surface area (Å²) in [5.41, 5.74) is 2.93. The molecule has 0 aliphatic carbocycles. The molecular formula is C22H30N2O2. The maximum Gasteiger partial charge on any atom is 0.224 e. The van der Waals surface area contributed by atoms with Crippen molar-refractivity contribution in [1.29, 1.82) is 0 Å². The minimum Gasteiger partial charge on any atom is -0.505 e. The van der Waals surface area contributed by atoms with E-state index in [0.717, 1.165) is 24.1 Å². The van der Waals surface area contributed by atoms with E-state index >= 15 is 0 Å². The van der Waals surface area contributed by atoms with Crippen LogP contribution >= 0.6 is 0 Å². The molecule has 4 heteroatoms. The van der Waals surface area contributed by atoms with Crippen LogP contribution in [0.4, 0.5) is 5.69 Å². The third-order valence-corrected chi connectivity index (χ3v) is 4.53. The molecular weight excluding hydrogens is 324 g/mol. The predicted octanol–water partition coefficient (Wildman–Crippen LogP) is 5.84. The number of aromatic hydroxyl groups is 1. The molecule has 0 spiro atoms. The lowest BCUT2D eigenvalue weighted by Crippen LogP contribution is -2.11. The number of rotatable bonds is 10. The number of benzene rings is 1. The van der Waals surface area contributed by atoms with Crippen LogP contribution < -0.4 is 5.32 Å². The first kappa shape index (κ1) is 20.0. The van der Waals surface area contributed by atoms with Crippen molar-refractivity contribution in [1.82, 2.24) is 4.98 Å². The van der Waals surface area contributed by atoms with Crippen LogP contribution in [0.25, 0.3) is 11.1 Å². The molecule has 0 aliphatic rings. The molecule has 2 aromatic rings. The number of unbranched alkanes of at least 4 members (excludes halogenated alkanes) is 6. The van der Waals surface area contributed by atoms with Crippen molar-refractivity contribution in [3.63, 3.8) is 0 Å². The molecule has 0 aliphatic heterocycles. The van der Waals surface area contributed by atoms with E-state index in [9.17, 15) is 9.90 Å². The Hall–Kier alpha value is -2.36. The molecule has 0 bridgehead atoms. The SMILES string of the molecule is CCCCCCCCCC(=O)Nc1cccc(-c2ccnc(C)c2)c1O. The van der Waals surface area contributed by atoms with E-state index in [-0.39, 0.29) is 11.7 Å². The molecule has 0 saturated carbocycles. The summed E-state index contributed by atoms with van der Waals surface area (Å²) >= 11 is 0. The van der Waals surface area contributed by atoms with Crippen molar-refractivity contribution in [2.24, 2.45) is 0 Å². The van der Waals surface area contributed by atoms with Gasteiger partial charge in [-0.05, 0) is 37.1 Å². The highest BCUT2D eigenvalue weighted by Gasteiger charge is 2.11.